The quantitative estimate of drug-likeness (QED) is 0.285. The van der Waals surface area contributed by atoms with E-state index in [1.807, 2.05) is 0 Å². The van der Waals surface area contributed by atoms with Crippen LogP contribution in [0.2, 0.25) is 0 Å². The maximum Gasteiger partial charge on any atom is 0.126 e. The van der Waals surface area contributed by atoms with Gasteiger partial charge in [-0.05, 0) is 159 Å². The molecule has 12 unspecified atom stereocenters. The number of hydrogen-bond acceptors (Lipinski definition) is 7. The second kappa shape index (κ2) is 16.9. The molecular weight excluding hydrogens is 839 g/mol. The third-order valence-corrected chi connectivity index (χ3v) is 20.2. The Morgan fingerprint density at radius 1 is 0.716 bits per heavy atom. The zero-order chi connectivity index (χ0) is 44.2. The van der Waals surface area contributed by atoms with Crippen LogP contribution in [0.4, 0.5) is 5.69 Å². The van der Waals surface area contributed by atoms with E-state index in [0.717, 1.165) is 50.7 Å². The molecule has 0 spiro atoms. The van der Waals surface area contributed by atoms with E-state index >= 15 is 0 Å². The lowest BCUT2D eigenvalue weighted by Crippen LogP contribution is -2.54. The van der Waals surface area contributed by atoms with E-state index in [-0.39, 0.29) is 36.3 Å². The molecule has 1 saturated carbocycles. The van der Waals surface area contributed by atoms with E-state index in [1.165, 1.54) is 104 Å². The molecule has 8 aliphatic carbocycles. The lowest BCUT2D eigenvalue weighted by molar-refractivity contribution is 0.227. The Morgan fingerprint density at radius 3 is 2.48 bits per heavy atom. The van der Waals surface area contributed by atoms with Gasteiger partial charge >= 0.3 is 0 Å². The van der Waals surface area contributed by atoms with Gasteiger partial charge in [-0.25, -0.2) is 0 Å². The summed E-state index contributed by atoms with van der Waals surface area (Å²) in [5.74, 6) is 4.59. The number of benzene rings is 1. The Bertz CT molecular complexity index is 2640. The van der Waals surface area contributed by atoms with Crippen molar-refractivity contribution < 1.29 is 4.74 Å². The molecule has 2 N–H and O–H groups in total. The topological polar surface area (TPSA) is 63.6 Å². The average Bonchev–Trinajstić information content (AvgIpc) is 4.10. The number of anilines is 1. The molecule has 6 nitrogen and oxygen atoms in total. The van der Waals surface area contributed by atoms with Gasteiger partial charge in [0.25, 0.3) is 0 Å². The Balaban J connectivity index is 0.916. The van der Waals surface area contributed by atoms with Crippen molar-refractivity contribution in [3.05, 3.63) is 158 Å². The summed E-state index contributed by atoms with van der Waals surface area (Å²) in [6, 6.07) is 12.7. The highest BCUT2D eigenvalue weighted by Gasteiger charge is 2.53. The predicted molar refractivity (Wildman–Crippen MR) is 271 cm³/mol. The van der Waals surface area contributed by atoms with E-state index in [4.69, 9.17) is 4.74 Å². The van der Waals surface area contributed by atoms with Crippen molar-refractivity contribution in [2.75, 3.05) is 4.90 Å². The van der Waals surface area contributed by atoms with Crippen LogP contribution in [0, 0.1) is 40.9 Å². The number of fused-ring (bicyclic) bond motifs is 11. The molecule has 13 aliphatic rings. The first-order valence-electron chi connectivity index (χ1n) is 26.8. The number of allylic oxidation sites excluding steroid dienone is 11. The fraction of sp³-hybridized carbons (Fsp3) is 0.517. The van der Waals surface area contributed by atoms with Gasteiger partial charge in [-0.2, -0.15) is 5.26 Å². The lowest BCUT2D eigenvalue weighted by Gasteiger charge is -2.44. The van der Waals surface area contributed by atoms with Crippen molar-refractivity contribution >= 4 is 17.4 Å². The molecule has 1 saturated heterocycles. The molecule has 67 heavy (non-hydrogen) atoms. The van der Waals surface area contributed by atoms with Crippen LogP contribution < -0.4 is 15.5 Å². The summed E-state index contributed by atoms with van der Waals surface area (Å²) in [6.07, 6.45) is 51.5. The normalized spacial score (nSPS) is 38.3. The Hall–Kier alpha value is -4.48. The largest absolute Gasteiger partial charge is 0.461 e. The van der Waals surface area contributed by atoms with Crippen LogP contribution in [0.25, 0.3) is 0 Å². The van der Waals surface area contributed by atoms with Crippen LogP contribution in [0.3, 0.4) is 0 Å². The molecule has 0 radical (unpaired) electrons. The maximum absolute atomic E-state index is 11.5. The predicted octanol–water partition coefficient (Wildman–Crippen LogP) is 12.8. The second-order valence-corrected chi connectivity index (χ2v) is 23.3. The number of rotatable bonds is 5. The number of thioether (sulfide) groups is 1. The van der Waals surface area contributed by atoms with Gasteiger partial charge in [-0.1, -0.05) is 92.1 Å². The zero-order valence-corrected chi connectivity index (χ0v) is 39.9. The summed E-state index contributed by atoms with van der Waals surface area (Å²) in [5.41, 5.74) is 13.5. The first-order valence-corrected chi connectivity index (χ1v) is 27.7. The number of nitrogens with zero attached hydrogens (tertiary/aromatic N) is 3. The van der Waals surface area contributed by atoms with E-state index in [0.29, 0.717) is 40.9 Å². The van der Waals surface area contributed by atoms with Gasteiger partial charge < -0.3 is 14.5 Å². The molecule has 5 aliphatic heterocycles. The summed E-state index contributed by atoms with van der Waals surface area (Å²) in [4.78, 5) is 7.24. The zero-order valence-electron chi connectivity index (χ0n) is 39.1. The van der Waals surface area contributed by atoms with Gasteiger partial charge in [0, 0.05) is 57.6 Å². The van der Waals surface area contributed by atoms with Gasteiger partial charge in [-0.3, -0.25) is 10.6 Å². The first-order chi connectivity index (χ1) is 33.2. The summed E-state index contributed by atoms with van der Waals surface area (Å²) < 4.78 is 6.64. The third kappa shape index (κ3) is 6.69. The Morgan fingerprint density at radius 2 is 1.57 bits per heavy atom. The second-order valence-electron chi connectivity index (χ2n) is 22.1. The number of nitrogens with one attached hydrogen (secondary N) is 2. The fourth-order valence-corrected chi connectivity index (χ4v) is 17.5. The summed E-state index contributed by atoms with van der Waals surface area (Å²) in [5, 5.41) is 20.8. The van der Waals surface area contributed by atoms with Crippen LogP contribution >= 0.6 is 11.8 Å². The maximum atomic E-state index is 11.5. The standard InChI is InChI=1S/C60H67N5OS/c61-35-37-33-45(47-31-30-46(62-60(63-47)36-15-2-1-3-16-36)42-22-14-27-55-57(42)44-21-7-12-26-54(44)66-55)53(34-52(37)64-48-23-9-4-17-38(48)39-18-5-10-24-49(39)64)65-50-25-11-6-20-43(50)58-51(65)32-29-41-40-19-8-13-28-56(40)67-59(41)58/h4,8-11,17,19,23-27,30-31,33-34,36-37,39,41,43-44,46-47,49-50,52,59-60,62-63H,1-3,5-7,12-16,18,20-22,28-29,32H2. The Labute approximate surface area is 403 Å². The highest BCUT2D eigenvalue weighted by atomic mass is 32.2. The van der Waals surface area contributed by atoms with Gasteiger partial charge in [0.2, 0.25) is 0 Å². The first kappa shape index (κ1) is 41.5. The minimum absolute atomic E-state index is 0.0400. The van der Waals surface area contributed by atoms with E-state index in [1.54, 1.807) is 27.3 Å². The number of ether oxygens (including phenoxy) is 1. The van der Waals surface area contributed by atoms with Crippen molar-refractivity contribution in [1.29, 1.82) is 5.26 Å². The summed E-state index contributed by atoms with van der Waals surface area (Å²) in [7, 11) is 0. The average molecular weight is 906 g/mol. The molecule has 1 aromatic carbocycles. The molecule has 0 amide bonds. The molecule has 2 fully saturated rings. The third-order valence-electron chi connectivity index (χ3n) is 18.7. The van der Waals surface area contributed by atoms with Crippen molar-refractivity contribution in [2.45, 2.75) is 163 Å². The highest BCUT2D eigenvalue weighted by molar-refractivity contribution is 8.04. The number of hydrogen-bond donors (Lipinski definition) is 2. The highest BCUT2D eigenvalue weighted by Crippen LogP contribution is 2.61. The van der Waals surface area contributed by atoms with Crippen molar-refractivity contribution in [3.63, 3.8) is 0 Å². The number of nitriles is 1. The molecular formula is C60H67N5OS. The van der Waals surface area contributed by atoms with Crippen LogP contribution in [0.1, 0.15) is 127 Å². The van der Waals surface area contributed by atoms with E-state index in [2.05, 4.69) is 135 Å². The molecule has 0 bridgehead atoms. The summed E-state index contributed by atoms with van der Waals surface area (Å²) in [6.45, 7) is 0. The van der Waals surface area contributed by atoms with Crippen molar-refractivity contribution in [1.82, 2.24) is 15.5 Å². The van der Waals surface area contributed by atoms with E-state index in [9.17, 15) is 5.26 Å². The molecule has 344 valence electrons. The Kier molecular flexibility index (Phi) is 10.5. The molecule has 5 heterocycles. The molecule has 0 aromatic heterocycles. The minimum atomic E-state index is -0.295. The SMILES string of the molecule is N#CC1C=C(C2C=CC(C3=C4C(=CCC3)OC3=CCCCC34)NC(C3CCCCC3)N2)C(N2C3=C(C4CCC=CC42)C2SC4=C(C=CCC4)C2CC3)=CC1N1c2ccccc2C2CCC=CC21. The van der Waals surface area contributed by atoms with Gasteiger partial charge in [0.15, 0.2) is 0 Å². The number of para-hydroxylation sites is 1. The van der Waals surface area contributed by atoms with Crippen LogP contribution in [0.15, 0.2) is 153 Å². The molecule has 12 atom stereocenters. The smallest absolute Gasteiger partial charge is 0.126 e. The fourth-order valence-electron chi connectivity index (χ4n) is 15.8. The van der Waals surface area contributed by atoms with Crippen LogP contribution in [-0.4, -0.2) is 46.5 Å². The molecule has 14 rings (SSSR count). The summed E-state index contributed by atoms with van der Waals surface area (Å²) >= 11 is 2.24. The molecule has 1 aromatic rings. The molecule has 7 heteroatoms. The minimum Gasteiger partial charge on any atom is -0.461 e. The van der Waals surface area contributed by atoms with Crippen LogP contribution in [0.5, 0.6) is 0 Å². The van der Waals surface area contributed by atoms with Gasteiger partial charge in [-0.15, -0.1) is 11.8 Å². The monoisotopic (exact) mass is 906 g/mol. The lowest BCUT2D eigenvalue weighted by atomic mass is 9.75. The van der Waals surface area contributed by atoms with E-state index < -0.39 is 0 Å². The van der Waals surface area contributed by atoms with Crippen molar-refractivity contribution in [2.24, 2.45) is 29.6 Å². The van der Waals surface area contributed by atoms with Gasteiger partial charge in [0.1, 0.15) is 11.5 Å². The van der Waals surface area contributed by atoms with Gasteiger partial charge in [0.05, 0.1) is 42.3 Å². The van der Waals surface area contributed by atoms with Crippen LogP contribution in [-0.2, 0) is 4.74 Å². The van der Waals surface area contributed by atoms with Crippen molar-refractivity contribution in [3.8, 4) is 6.07 Å².